The van der Waals surface area contributed by atoms with E-state index in [4.69, 9.17) is 0 Å². The second-order valence-corrected chi connectivity index (χ2v) is 5.02. The van der Waals surface area contributed by atoms with Gasteiger partial charge in [-0.2, -0.15) is 0 Å². The zero-order valence-corrected chi connectivity index (χ0v) is 11.6. The van der Waals surface area contributed by atoms with E-state index in [1.54, 1.807) is 0 Å². The van der Waals surface area contributed by atoms with Crippen LogP contribution < -0.4 is 0 Å². The van der Waals surface area contributed by atoms with Gasteiger partial charge in [0.05, 0.1) is 0 Å². The minimum atomic E-state index is -0.0752. The molecule has 0 unspecified atom stereocenters. The van der Waals surface area contributed by atoms with Crippen LogP contribution >= 0.6 is 0 Å². The average Bonchev–Trinajstić information content (AvgIpc) is 2.86. The van der Waals surface area contributed by atoms with Crippen LogP contribution in [0.1, 0.15) is 34.5 Å². The van der Waals surface area contributed by atoms with Crippen LogP contribution in [-0.4, -0.2) is 39.1 Å². The van der Waals surface area contributed by atoms with E-state index in [1.807, 2.05) is 11.8 Å². The molecule has 2 aromatic rings. The highest BCUT2D eigenvalue weighted by molar-refractivity contribution is 5.90. The van der Waals surface area contributed by atoms with Gasteiger partial charge >= 0.3 is 0 Å². The Morgan fingerprint density at radius 2 is 1.90 bits per heavy atom. The second kappa shape index (κ2) is 5.45. The predicted octanol–water partition coefficient (Wildman–Crippen LogP) is 1.61. The lowest BCUT2D eigenvalue weighted by Gasteiger charge is -2.18. The summed E-state index contributed by atoms with van der Waals surface area (Å²) in [7, 11) is 0. The van der Waals surface area contributed by atoms with Gasteiger partial charge in [0, 0.05) is 19.5 Å². The van der Waals surface area contributed by atoms with Crippen LogP contribution in [0.5, 0.6) is 0 Å². The molecular weight excluding hydrogens is 252 g/mol. The molecule has 0 radical (unpaired) electrons. The summed E-state index contributed by atoms with van der Waals surface area (Å²) in [6, 6.07) is 8.40. The Kier molecular flexibility index (Phi) is 3.50. The van der Waals surface area contributed by atoms with E-state index >= 15 is 0 Å². The van der Waals surface area contributed by atoms with Crippen LogP contribution in [0.2, 0.25) is 0 Å². The fourth-order valence-corrected chi connectivity index (χ4v) is 2.56. The second-order valence-electron chi connectivity index (χ2n) is 5.02. The maximum Gasteiger partial charge on any atom is 0.293 e. The van der Waals surface area contributed by atoms with Crippen LogP contribution in [0.3, 0.4) is 0 Å². The molecule has 0 aliphatic carbocycles. The maximum absolute atomic E-state index is 12.4. The van der Waals surface area contributed by atoms with Crippen molar-refractivity contribution < 1.29 is 4.79 Å². The van der Waals surface area contributed by atoms with E-state index in [0.717, 1.165) is 38.2 Å². The third-order valence-corrected chi connectivity index (χ3v) is 3.77. The topological polar surface area (TPSA) is 61.9 Å². The van der Waals surface area contributed by atoms with Gasteiger partial charge in [0.15, 0.2) is 0 Å². The van der Waals surface area contributed by atoms with E-state index in [2.05, 4.69) is 39.4 Å². The fourth-order valence-electron chi connectivity index (χ4n) is 2.56. The first kappa shape index (κ1) is 12.8. The average molecular weight is 270 g/mol. The highest BCUT2D eigenvalue weighted by atomic mass is 16.2. The summed E-state index contributed by atoms with van der Waals surface area (Å²) < 4.78 is 0. The van der Waals surface area contributed by atoms with Crippen molar-refractivity contribution in [3.8, 4) is 0 Å². The molecule has 1 amide bonds. The van der Waals surface area contributed by atoms with Crippen LogP contribution in [0.15, 0.2) is 24.3 Å². The molecule has 0 saturated carbocycles. The largest absolute Gasteiger partial charge is 0.335 e. The lowest BCUT2D eigenvalue weighted by atomic mass is 10.0. The number of nitrogens with one attached hydrogen (secondary N) is 1. The minimum absolute atomic E-state index is 0.0752. The molecule has 20 heavy (non-hydrogen) atoms. The van der Waals surface area contributed by atoms with Gasteiger partial charge in [-0.15, -0.1) is 5.10 Å². The summed E-state index contributed by atoms with van der Waals surface area (Å²) in [4.78, 5) is 18.5. The molecule has 5 nitrogen and oxygen atoms in total. The van der Waals surface area contributed by atoms with Crippen molar-refractivity contribution in [2.45, 2.75) is 26.2 Å². The monoisotopic (exact) mass is 270 g/mol. The molecule has 2 heterocycles. The molecule has 1 N–H and O–H groups in total. The molecule has 104 valence electrons. The van der Waals surface area contributed by atoms with Crippen molar-refractivity contribution in [2.24, 2.45) is 0 Å². The van der Waals surface area contributed by atoms with Gasteiger partial charge in [-0.25, -0.2) is 4.98 Å². The number of aromatic nitrogens is 3. The number of rotatable bonds is 2. The predicted molar refractivity (Wildman–Crippen MR) is 75.5 cm³/mol. The smallest absolute Gasteiger partial charge is 0.293 e. The molecule has 5 heteroatoms. The molecule has 0 spiro atoms. The highest BCUT2D eigenvalue weighted by Crippen LogP contribution is 2.16. The normalized spacial score (nSPS) is 14.8. The molecule has 0 fully saturated rings. The first-order valence-corrected chi connectivity index (χ1v) is 7.05. The number of carbonyl (C=O) groups is 1. The summed E-state index contributed by atoms with van der Waals surface area (Å²) >= 11 is 0. The van der Waals surface area contributed by atoms with E-state index in [-0.39, 0.29) is 11.7 Å². The van der Waals surface area contributed by atoms with Crippen molar-refractivity contribution in [2.75, 3.05) is 13.1 Å². The summed E-state index contributed by atoms with van der Waals surface area (Å²) in [5.41, 5.74) is 2.68. The molecule has 0 bridgehead atoms. The Morgan fingerprint density at radius 3 is 2.45 bits per heavy atom. The Hall–Kier alpha value is -2.17. The molecule has 1 aliphatic heterocycles. The fraction of sp³-hybridized carbons (Fsp3) is 0.400. The van der Waals surface area contributed by atoms with Gasteiger partial charge in [-0.3, -0.25) is 9.89 Å². The minimum Gasteiger partial charge on any atom is -0.335 e. The van der Waals surface area contributed by atoms with Crippen molar-refractivity contribution in [1.82, 2.24) is 20.1 Å². The number of benzene rings is 1. The van der Waals surface area contributed by atoms with Crippen molar-refractivity contribution in [1.29, 1.82) is 0 Å². The lowest BCUT2D eigenvalue weighted by molar-refractivity contribution is 0.0751. The zero-order chi connectivity index (χ0) is 13.9. The van der Waals surface area contributed by atoms with Gasteiger partial charge in [-0.1, -0.05) is 31.2 Å². The van der Waals surface area contributed by atoms with Crippen molar-refractivity contribution in [3.63, 3.8) is 0 Å². The Labute approximate surface area is 118 Å². The van der Waals surface area contributed by atoms with Crippen LogP contribution in [-0.2, 0) is 19.3 Å². The highest BCUT2D eigenvalue weighted by Gasteiger charge is 2.22. The number of amides is 1. The standard InChI is InChI=1S/C15H18N4O/c1-2-13-16-14(18-17-13)15(20)19-9-7-11-5-3-4-6-12(11)8-10-19/h3-6H,2,7-10H2,1H3,(H,16,17,18). The number of nitrogens with zero attached hydrogens (tertiary/aromatic N) is 3. The number of H-pyrrole nitrogens is 1. The van der Waals surface area contributed by atoms with Gasteiger partial charge < -0.3 is 4.90 Å². The van der Waals surface area contributed by atoms with Crippen LogP contribution in [0.25, 0.3) is 0 Å². The Morgan fingerprint density at radius 1 is 1.25 bits per heavy atom. The molecular formula is C15H18N4O. The Bertz CT molecular complexity index is 593. The maximum atomic E-state index is 12.4. The van der Waals surface area contributed by atoms with E-state index in [1.165, 1.54) is 11.1 Å². The third-order valence-electron chi connectivity index (χ3n) is 3.77. The lowest BCUT2D eigenvalue weighted by Crippen LogP contribution is -2.34. The number of carbonyl (C=O) groups excluding carboxylic acids is 1. The zero-order valence-electron chi connectivity index (χ0n) is 11.6. The number of aryl methyl sites for hydroxylation is 1. The summed E-state index contributed by atoms with van der Waals surface area (Å²) in [5, 5.41) is 6.81. The molecule has 0 atom stereocenters. The molecule has 1 aromatic heterocycles. The molecule has 0 saturated heterocycles. The summed E-state index contributed by atoms with van der Waals surface area (Å²) in [6.07, 6.45) is 2.55. The number of hydrogen-bond donors (Lipinski definition) is 1. The first-order valence-electron chi connectivity index (χ1n) is 7.05. The van der Waals surface area contributed by atoms with Crippen molar-refractivity contribution >= 4 is 5.91 Å². The quantitative estimate of drug-likeness (QED) is 0.901. The van der Waals surface area contributed by atoms with E-state index in [9.17, 15) is 4.79 Å². The van der Waals surface area contributed by atoms with Crippen molar-refractivity contribution in [3.05, 3.63) is 47.0 Å². The van der Waals surface area contributed by atoms with Gasteiger partial charge in [0.2, 0.25) is 5.82 Å². The van der Waals surface area contributed by atoms with Gasteiger partial charge in [0.1, 0.15) is 5.82 Å². The third kappa shape index (κ3) is 2.43. The van der Waals surface area contributed by atoms with Crippen LogP contribution in [0.4, 0.5) is 0 Å². The SMILES string of the molecule is CCc1nc(C(=O)N2CCc3ccccc3CC2)n[nH]1. The first-order chi connectivity index (χ1) is 9.78. The van der Waals surface area contributed by atoms with E-state index < -0.39 is 0 Å². The van der Waals surface area contributed by atoms with Gasteiger partial charge in [-0.05, 0) is 24.0 Å². The number of hydrogen-bond acceptors (Lipinski definition) is 3. The Balaban J connectivity index is 1.74. The van der Waals surface area contributed by atoms with Crippen LogP contribution in [0, 0.1) is 0 Å². The molecule has 3 rings (SSSR count). The summed E-state index contributed by atoms with van der Waals surface area (Å²) in [6.45, 7) is 3.44. The van der Waals surface area contributed by atoms with Gasteiger partial charge in [0.25, 0.3) is 5.91 Å². The number of aromatic amines is 1. The molecule has 1 aliphatic rings. The number of fused-ring (bicyclic) bond motifs is 1. The summed E-state index contributed by atoms with van der Waals surface area (Å²) in [5.74, 6) is 0.966. The molecule has 1 aromatic carbocycles. The van der Waals surface area contributed by atoms with E-state index in [0.29, 0.717) is 0 Å².